The molecule has 14 rings (SSSR count). The van der Waals surface area contributed by atoms with Crippen molar-refractivity contribution < 1.29 is 181 Å². The smallest absolute Gasteiger partial charge is 1.00 e. The number of rotatable bonds is 16. The predicted molar refractivity (Wildman–Crippen MR) is 438 cm³/mol. The van der Waals surface area contributed by atoms with Crippen molar-refractivity contribution >= 4 is 74.4 Å². The Hall–Kier alpha value is -3.99. The van der Waals surface area contributed by atoms with Crippen LogP contribution in [0, 0.1) is 28.1 Å². The second-order valence-electron chi connectivity index (χ2n) is 34.7. The molecule has 114 heavy (non-hydrogen) atoms. The number of halogens is 6. The van der Waals surface area contributed by atoms with Crippen molar-refractivity contribution in [2.24, 2.45) is 49.2 Å². The van der Waals surface area contributed by atoms with Gasteiger partial charge in [0.1, 0.15) is 5.60 Å². The minimum atomic E-state index is -2.43. The van der Waals surface area contributed by atoms with Crippen LogP contribution < -0.4 is 165 Å². The van der Waals surface area contributed by atoms with Gasteiger partial charge in [0.25, 0.3) is 18.3 Å². The van der Waals surface area contributed by atoms with Crippen molar-refractivity contribution in [1.29, 1.82) is 0 Å². The molecular formula is C83H113BrClCs2F4N15O8. The Bertz CT molecular complexity index is 4910. The van der Waals surface area contributed by atoms with Gasteiger partial charge in [-0.3, -0.25) is 46.9 Å². The number of aryl methyl sites for hydroxylation is 3. The number of aromatic nitrogens is 9. The summed E-state index contributed by atoms with van der Waals surface area (Å²) < 4.78 is 65.9. The summed E-state index contributed by atoms with van der Waals surface area (Å²) in [6, 6.07) is 37.4. The Balaban J connectivity index is 0.000000248. The van der Waals surface area contributed by atoms with Crippen LogP contribution in [0.1, 0.15) is 114 Å². The maximum atomic E-state index is 13.2. The number of carbonyl (C=O) groups is 2. The average Bonchev–Trinajstić information content (AvgIpc) is 1.62. The van der Waals surface area contributed by atoms with Crippen molar-refractivity contribution in [3.63, 3.8) is 0 Å². The molecule has 5 fully saturated rings. The molecule has 3 saturated heterocycles. The van der Waals surface area contributed by atoms with Gasteiger partial charge in [-0.1, -0.05) is 133 Å². The van der Waals surface area contributed by atoms with E-state index >= 15 is 0 Å². The molecule has 1 amide bonds. The normalized spacial score (nSPS) is 17.7. The van der Waals surface area contributed by atoms with Gasteiger partial charge in [-0.2, -0.15) is 0 Å². The van der Waals surface area contributed by atoms with Gasteiger partial charge >= 0.3 is 161 Å². The Labute approximate surface area is 800 Å². The number of pyridine rings is 3. The van der Waals surface area contributed by atoms with Gasteiger partial charge in [0.15, 0.2) is 16.9 Å². The molecule has 6 aromatic heterocycles. The zero-order valence-electron chi connectivity index (χ0n) is 70.5. The fourth-order valence-electron chi connectivity index (χ4n) is 14.1. The summed E-state index contributed by atoms with van der Waals surface area (Å²) >= 11 is 2.97. The van der Waals surface area contributed by atoms with Gasteiger partial charge in [0.2, 0.25) is 0 Å². The molecule has 0 bridgehead atoms. The first-order chi connectivity index (χ1) is 52.2. The van der Waals surface area contributed by atoms with Gasteiger partial charge in [-0.05, 0) is 108 Å². The van der Waals surface area contributed by atoms with Crippen molar-refractivity contribution in [3.8, 4) is 33.8 Å². The summed E-state index contributed by atoms with van der Waals surface area (Å²) in [5, 5.41) is 12.3. The SMILES string of the molecule is Cl.Cn1c(=O)n(CC(C)(C)C)c2ccc(-c3cccc(CN4CCN(C(=O)OC(C)(C)C)CC4)c3)nc21.Cn1c(=O)n(CC(C)(C)C)c2ccc(-c3cccc(CN4CCN(CC5CC5(F)F)CC4)c3)nc21.Cn1c(=O)n(CC(C)(C)C)c2ccc(-c3cccc(CN4CCNCC4)c3)nc21.FC1(F)CC1CBr.O=CO[O-].[Cs+].[Cs+].[H-]. The molecule has 31 heteroatoms. The topological polar surface area (TPSA) is 223 Å². The number of hydrogen-bond donors (Lipinski definition) is 1. The largest absolute Gasteiger partial charge is 1.00 e. The Morgan fingerprint density at radius 1 is 0.518 bits per heavy atom. The predicted octanol–water partition coefficient (Wildman–Crippen LogP) is 6.59. The van der Waals surface area contributed by atoms with E-state index in [1.807, 2.05) is 76.9 Å². The Morgan fingerprint density at radius 2 is 0.825 bits per heavy atom. The number of piperazine rings is 3. The van der Waals surface area contributed by atoms with E-state index in [0.29, 0.717) is 55.9 Å². The molecule has 9 aromatic rings. The number of carbonyl (C=O) groups excluding carboxylic acids is 2. The number of amides is 1. The minimum Gasteiger partial charge on any atom is -1.00 e. The average molecular weight is 1910 g/mol. The Kier molecular flexibility index (Phi) is 35.4. The summed E-state index contributed by atoms with van der Waals surface area (Å²) in [5.41, 5.74) is 13.6. The number of nitrogens with one attached hydrogen (secondary N) is 1. The monoisotopic (exact) mass is 1900 g/mol. The van der Waals surface area contributed by atoms with E-state index in [9.17, 15) is 36.7 Å². The number of hydrogen-bond acceptors (Lipinski definition) is 16. The third-order valence-corrected chi connectivity index (χ3v) is 20.8. The molecule has 2 aliphatic carbocycles. The van der Waals surface area contributed by atoms with E-state index in [1.165, 1.54) is 16.7 Å². The van der Waals surface area contributed by atoms with E-state index in [0.717, 1.165) is 141 Å². The minimum absolute atomic E-state index is 0. The van der Waals surface area contributed by atoms with Gasteiger partial charge in [-0.25, -0.2) is 51.7 Å². The molecule has 0 spiro atoms. The maximum absolute atomic E-state index is 13.2. The van der Waals surface area contributed by atoms with Crippen LogP contribution in [-0.4, -0.2) is 187 Å². The number of nitrogens with zero attached hydrogens (tertiary/aromatic N) is 14. The van der Waals surface area contributed by atoms with E-state index < -0.39 is 23.4 Å². The van der Waals surface area contributed by atoms with Crippen molar-refractivity contribution in [2.75, 3.05) is 90.4 Å². The molecule has 612 valence electrons. The van der Waals surface area contributed by atoms with Gasteiger partial charge in [0.05, 0.1) is 33.6 Å². The van der Waals surface area contributed by atoms with Crippen molar-refractivity contribution in [2.45, 2.75) is 153 Å². The molecular weight excluding hydrogens is 1790 g/mol. The zero-order chi connectivity index (χ0) is 80.7. The second-order valence-corrected chi connectivity index (χ2v) is 35.3. The third kappa shape index (κ3) is 27.0. The summed E-state index contributed by atoms with van der Waals surface area (Å²) in [7, 11) is 5.37. The fraction of sp³-hybridized carbons (Fsp3) is 0.542. The molecule has 3 aliphatic heterocycles. The summed E-state index contributed by atoms with van der Waals surface area (Å²) in [6.45, 7) is 40.4. The number of alkyl halides is 5. The first kappa shape index (κ1) is 97.1. The van der Waals surface area contributed by atoms with Crippen molar-refractivity contribution in [1.82, 2.24) is 72.2 Å². The van der Waals surface area contributed by atoms with E-state index in [4.69, 9.17) is 29.7 Å². The van der Waals surface area contributed by atoms with Crippen LogP contribution in [0.4, 0.5) is 22.4 Å². The Morgan fingerprint density at radius 3 is 1.11 bits per heavy atom. The molecule has 1 N–H and O–H groups in total. The van der Waals surface area contributed by atoms with Crippen LogP contribution in [0.15, 0.2) is 124 Å². The van der Waals surface area contributed by atoms with Gasteiger partial charge in [0, 0.05) is 192 Å². The maximum Gasteiger partial charge on any atom is 1.00 e. The standard InChI is InChI=1S/C28H39N5O3.C27H35F2N5O.C23H31N5O.C4H5BrF2.CH2O3.ClH.2Cs.H/c1-27(2,3)19-33-23-12-11-22(29-24(23)30(7)25(33)34)21-10-8-9-20(17-21)18-31-13-15-32(16-14-31)26(35)36-28(4,5)6;1-26(2,3)18-34-23-9-8-22(30-24(23)31(4)25(34)35)20-7-5-6-19(14-20)16-32-10-12-33(13-11-32)17-21-15-27(21,28)29;1-23(2,3)16-28-20-9-8-19(25-21(20)26(4)22(28)29)18-7-5-6-17(14-18)15-27-12-10-24-11-13-27;5-2-3-1-4(3,6)7;2-1-4-3;;;;/h8-12,17H,13-16,18-19H2,1-7H3;5-9,14,21H,10-13,15-18H2,1-4H3;5-9,14,24H,10-13,15-16H2,1-4H3;3H,1-2H2;1,3H;1H;;;/q;;;;;;2*+1;-1/p-1. The van der Waals surface area contributed by atoms with Crippen LogP contribution in [0.5, 0.6) is 0 Å². The van der Waals surface area contributed by atoms with Crippen LogP contribution in [-0.2, 0) is 74.8 Å². The number of ether oxygens (including phenoxy) is 1. The zero-order valence-corrected chi connectivity index (χ0v) is 84.5. The molecule has 2 atom stereocenters. The quantitative estimate of drug-likeness (QED) is 0.0354. The van der Waals surface area contributed by atoms with Gasteiger partial charge in [-0.15, -0.1) is 12.4 Å². The van der Waals surface area contributed by atoms with Crippen molar-refractivity contribution in [3.05, 3.63) is 157 Å². The first-order valence-electron chi connectivity index (χ1n) is 38.3. The van der Waals surface area contributed by atoms with Crippen LogP contribution >= 0.6 is 28.3 Å². The van der Waals surface area contributed by atoms with E-state index in [1.54, 1.807) is 39.7 Å². The number of imidazole rings is 3. The van der Waals surface area contributed by atoms with Crippen LogP contribution in [0.3, 0.4) is 0 Å². The molecule has 5 aliphatic rings. The third-order valence-electron chi connectivity index (χ3n) is 20.0. The number of benzene rings is 3. The molecule has 0 radical (unpaired) electrons. The van der Waals surface area contributed by atoms with Crippen LogP contribution in [0.2, 0.25) is 0 Å². The van der Waals surface area contributed by atoms with Gasteiger partial charge < -0.3 is 31.4 Å². The summed E-state index contributed by atoms with van der Waals surface area (Å²) in [6.07, 6.45) is -0.107. The van der Waals surface area contributed by atoms with E-state index in [2.05, 4.69) is 175 Å². The second kappa shape index (κ2) is 41.5. The molecule has 2 unspecified atom stereocenters. The molecule has 3 aromatic carbocycles. The van der Waals surface area contributed by atoms with E-state index in [-0.39, 0.29) is 216 Å². The number of fused-ring (bicyclic) bond motifs is 3. The molecule has 9 heterocycles. The molecule has 23 nitrogen and oxygen atoms in total. The summed E-state index contributed by atoms with van der Waals surface area (Å²) in [4.78, 5) is 87.8. The van der Waals surface area contributed by atoms with Crippen LogP contribution in [0.25, 0.3) is 67.3 Å². The molecule has 2 saturated carbocycles. The summed E-state index contributed by atoms with van der Waals surface area (Å²) in [5.74, 6) is -5.58. The fourth-order valence-corrected chi connectivity index (χ4v) is 14.8. The first-order valence-corrected chi connectivity index (χ1v) is 39.4.